The summed E-state index contributed by atoms with van der Waals surface area (Å²) in [6, 6.07) is 0. The molecule has 1 rings (SSSR count). The molecule has 0 aromatic carbocycles. The first-order valence-corrected chi connectivity index (χ1v) is 6.44. The molecule has 0 amide bonds. The molecule has 1 saturated heterocycles. The van der Waals surface area contributed by atoms with Gasteiger partial charge in [0, 0.05) is 19.3 Å². The zero-order valence-electron chi connectivity index (χ0n) is 11.0. The minimum atomic E-state index is -0.306. The summed E-state index contributed by atoms with van der Waals surface area (Å²) >= 11 is 0. The fraction of sp³-hybridized carbons (Fsp3) is 0.846. The van der Waals surface area contributed by atoms with Gasteiger partial charge in [-0.1, -0.05) is 20.8 Å². The number of cyclic esters (lactones) is 1. The van der Waals surface area contributed by atoms with E-state index in [0.717, 1.165) is 19.3 Å². The Morgan fingerprint density at radius 3 is 2.53 bits per heavy atom. The van der Waals surface area contributed by atoms with Crippen molar-refractivity contribution in [2.45, 2.75) is 59.0 Å². The lowest BCUT2D eigenvalue weighted by atomic mass is 9.79. The van der Waals surface area contributed by atoms with Crippen molar-refractivity contribution in [2.75, 3.05) is 6.61 Å². The Labute approximate surface area is 103 Å². The molecular formula is C13H22O4. The van der Waals surface area contributed by atoms with Gasteiger partial charge in [0.1, 0.15) is 6.10 Å². The molecular weight excluding hydrogens is 220 g/mol. The van der Waals surface area contributed by atoms with E-state index in [4.69, 9.17) is 9.47 Å². The molecule has 0 saturated carbocycles. The summed E-state index contributed by atoms with van der Waals surface area (Å²) in [6.45, 7) is 6.14. The highest BCUT2D eigenvalue weighted by atomic mass is 16.6. The molecule has 0 radical (unpaired) electrons. The van der Waals surface area contributed by atoms with E-state index in [-0.39, 0.29) is 23.5 Å². The first-order chi connectivity index (χ1) is 8.07. The Morgan fingerprint density at radius 2 is 2.06 bits per heavy atom. The zero-order chi connectivity index (χ0) is 12.9. The Bertz CT molecular complexity index is 281. The van der Waals surface area contributed by atoms with Gasteiger partial charge in [-0.3, -0.25) is 9.59 Å². The third-order valence-corrected chi connectivity index (χ3v) is 3.67. The molecule has 1 fully saturated rings. The van der Waals surface area contributed by atoms with Crippen LogP contribution in [0.1, 0.15) is 52.9 Å². The van der Waals surface area contributed by atoms with Crippen LogP contribution in [0.3, 0.4) is 0 Å². The molecule has 17 heavy (non-hydrogen) atoms. The Balaban J connectivity index is 2.39. The summed E-state index contributed by atoms with van der Waals surface area (Å²) in [5, 5.41) is 0. The van der Waals surface area contributed by atoms with Crippen LogP contribution in [0.5, 0.6) is 0 Å². The highest BCUT2D eigenvalue weighted by molar-refractivity contribution is 5.79. The molecule has 4 nitrogen and oxygen atoms in total. The maximum Gasteiger partial charge on any atom is 0.312 e. The van der Waals surface area contributed by atoms with Crippen molar-refractivity contribution < 1.29 is 19.1 Å². The SMILES string of the molecule is CCC(=O)OCCC1CC(CC)(CC)C(=O)O1. The second kappa shape index (κ2) is 6.03. The van der Waals surface area contributed by atoms with Crippen LogP contribution in [0.25, 0.3) is 0 Å². The van der Waals surface area contributed by atoms with E-state index in [1.54, 1.807) is 6.92 Å². The molecule has 1 aliphatic heterocycles. The van der Waals surface area contributed by atoms with Gasteiger partial charge in [-0.15, -0.1) is 0 Å². The van der Waals surface area contributed by atoms with Crippen molar-refractivity contribution in [1.82, 2.24) is 0 Å². The monoisotopic (exact) mass is 242 g/mol. The third kappa shape index (κ3) is 3.20. The average Bonchev–Trinajstić information content (AvgIpc) is 2.66. The summed E-state index contributed by atoms with van der Waals surface area (Å²) in [5.74, 6) is -0.291. The van der Waals surface area contributed by atoms with Crippen LogP contribution >= 0.6 is 0 Å². The first-order valence-electron chi connectivity index (χ1n) is 6.44. The molecule has 0 aliphatic carbocycles. The predicted molar refractivity (Wildman–Crippen MR) is 63.4 cm³/mol. The largest absolute Gasteiger partial charge is 0.466 e. The van der Waals surface area contributed by atoms with Gasteiger partial charge in [0.2, 0.25) is 0 Å². The Hall–Kier alpha value is -1.06. The lowest BCUT2D eigenvalue weighted by Crippen LogP contribution is -2.24. The van der Waals surface area contributed by atoms with Gasteiger partial charge >= 0.3 is 11.9 Å². The van der Waals surface area contributed by atoms with Crippen molar-refractivity contribution in [1.29, 1.82) is 0 Å². The van der Waals surface area contributed by atoms with Gasteiger partial charge in [0.25, 0.3) is 0 Å². The number of hydrogen-bond acceptors (Lipinski definition) is 4. The average molecular weight is 242 g/mol. The smallest absolute Gasteiger partial charge is 0.312 e. The molecule has 1 unspecified atom stereocenters. The van der Waals surface area contributed by atoms with Crippen LogP contribution in [0.4, 0.5) is 0 Å². The van der Waals surface area contributed by atoms with E-state index in [1.165, 1.54) is 0 Å². The van der Waals surface area contributed by atoms with Crippen LogP contribution < -0.4 is 0 Å². The lowest BCUT2D eigenvalue weighted by Gasteiger charge is -2.20. The maximum absolute atomic E-state index is 11.8. The standard InChI is InChI=1S/C13H22O4/c1-4-11(14)16-8-7-10-9-13(5-2,6-3)12(15)17-10/h10H,4-9H2,1-3H3. The number of hydrogen-bond donors (Lipinski definition) is 0. The van der Waals surface area contributed by atoms with E-state index in [1.807, 2.05) is 13.8 Å². The number of carbonyl (C=O) groups is 2. The summed E-state index contributed by atoms with van der Waals surface area (Å²) < 4.78 is 10.3. The molecule has 4 heteroatoms. The summed E-state index contributed by atoms with van der Waals surface area (Å²) in [7, 11) is 0. The number of rotatable bonds is 6. The van der Waals surface area contributed by atoms with E-state index < -0.39 is 0 Å². The van der Waals surface area contributed by atoms with Crippen molar-refractivity contribution >= 4 is 11.9 Å². The maximum atomic E-state index is 11.8. The van der Waals surface area contributed by atoms with E-state index in [2.05, 4.69) is 0 Å². The summed E-state index contributed by atoms with van der Waals surface area (Å²) in [4.78, 5) is 22.8. The Morgan fingerprint density at radius 1 is 1.41 bits per heavy atom. The molecule has 0 aromatic heterocycles. The minimum Gasteiger partial charge on any atom is -0.466 e. The molecule has 0 bridgehead atoms. The summed E-state index contributed by atoms with van der Waals surface area (Å²) in [6.07, 6.45) is 3.29. The molecule has 98 valence electrons. The quantitative estimate of drug-likeness (QED) is 0.671. The second-order valence-corrected chi connectivity index (χ2v) is 4.58. The van der Waals surface area contributed by atoms with Gasteiger partial charge in [-0.05, 0) is 12.8 Å². The van der Waals surface area contributed by atoms with E-state index >= 15 is 0 Å². The second-order valence-electron chi connectivity index (χ2n) is 4.58. The summed E-state index contributed by atoms with van der Waals surface area (Å²) in [5.41, 5.74) is -0.306. The number of carbonyl (C=O) groups excluding carboxylic acids is 2. The predicted octanol–water partition coefficient (Wildman–Crippen LogP) is 2.45. The number of esters is 2. The number of ether oxygens (including phenoxy) is 2. The Kier molecular flexibility index (Phi) is 4.97. The topological polar surface area (TPSA) is 52.6 Å². The molecule has 0 aromatic rings. The molecule has 0 N–H and O–H groups in total. The van der Waals surface area contributed by atoms with Crippen LogP contribution in [0.15, 0.2) is 0 Å². The van der Waals surface area contributed by atoms with Crippen LogP contribution in [0.2, 0.25) is 0 Å². The lowest BCUT2D eigenvalue weighted by molar-refractivity contribution is -0.150. The molecule has 1 atom stereocenters. The van der Waals surface area contributed by atoms with Crippen molar-refractivity contribution in [3.8, 4) is 0 Å². The van der Waals surface area contributed by atoms with Crippen LogP contribution in [-0.4, -0.2) is 24.6 Å². The molecule has 0 spiro atoms. The highest BCUT2D eigenvalue weighted by Crippen LogP contribution is 2.40. The van der Waals surface area contributed by atoms with Gasteiger partial charge in [-0.2, -0.15) is 0 Å². The molecule has 1 aliphatic rings. The van der Waals surface area contributed by atoms with E-state index in [0.29, 0.717) is 19.4 Å². The normalized spacial score (nSPS) is 22.3. The van der Waals surface area contributed by atoms with Crippen LogP contribution in [0, 0.1) is 5.41 Å². The van der Waals surface area contributed by atoms with Gasteiger partial charge in [-0.25, -0.2) is 0 Å². The fourth-order valence-electron chi connectivity index (χ4n) is 2.23. The fourth-order valence-corrected chi connectivity index (χ4v) is 2.23. The first kappa shape index (κ1) is 14.0. The van der Waals surface area contributed by atoms with E-state index in [9.17, 15) is 9.59 Å². The van der Waals surface area contributed by atoms with Gasteiger partial charge in [0.05, 0.1) is 12.0 Å². The van der Waals surface area contributed by atoms with Crippen LogP contribution in [-0.2, 0) is 19.1 Å². The van der Waals surface area contributed by atoms with Crippen molar-refractivity contribution in [3.63, 3.8) is 0 Å². The van der Waals surface area contributed by atoms with Crippen molar-refractivity contribution in [3.05, 3.63) is 0 Å². The van der Waals surface area contributed by atoms with Gasteiger partial charge < -0.3 is 9.47 Å². The molecule has 1 heterocycles. The highest BCUT2D eigenvalue weighted by Gasteiger charge is 2.46. The van der Waals surface area contributed by atoms with Crippen molar-refractivity contribution in [2.24, 2.45) is 5.41 Å². The third-order valence-electron chi connectivity index (χ3n) is 3.67. The zero-order valence-corrected chi connectivity index (χ0v) is 11.0. The van der Waals surface area contributed by atoms with Gasteiger partial charge in [0.15, 0.2) is 0 Å². The minimum absolute atomic E-state index is 0.0886.